The Morgan fingerprint density at radius 1 is 0.659 bits per heavy atom. The summed E-state index contributed by atoms with van der Waals surface area (Å²) in [6.07, 6.45) is 0.704. The number of methoxy groups -OCH3 is 3. The number of hydrogen-bond donors (Lipinski definition) is 0. The van der Waals surface area contributed by atoms with Crippen LogP contribution in [0.15, 0.2) is 89.4 Å². The molecule has 0 aliphatic rings. The van der Waals surface area contributed by atoms with Crippen molar-refractivity contribution >= 4 is 21.8 Å². The molecule has 0 aliphatic carbocycles. The summed E-state index contributed by atoms with van der Waals surface area (Å²) in [5, 5.41) is 0. The van der Waals surface area contributed by atoms with Gasteiger partial charge in [-0.2, -0.15) is 0 Å². The van der Waals surface area contributed by atoms with Gasteiger partial charge in [0.2, 0.25) is 0 Å². The number of nitrogens with zero attached hydrogens (tertiary/aromatic N) is 1. The van der Waals surface area contributed by atoms with Crippen molar-refractivity contribution in [3.63, 3.8) is 0 Å². The first-order chi connectivity index (χ1) is 19.9. The van der Waals surface area contributed by atoms with Crippen LogP contribution in [0.2, 0.25) is 0 Å². The molecule has 0 aromatic heterocycles. The molecule has 0 saturated carbocycles. The highest BCUT2D eigenvalue weighted by molar-refractivity contribution is 9.10. The lowest BCUT2D eigenvalue weighted by Crippen LogP contribution is -2.29. The number of rotatable bonds is 13. The van der Waals surface area contributed by atoms with Crippen molar-refractivity contribution in [2.45, 2.75) is 19.6 Å². The molecule has 0 bridgehead atoms. The highest BCUT2D eigenvalue weighted by Crippen LogP contribution is 2.35. The van der Waals surface area contributed by atoms with Crippen molar-refractivity contribution in [1.82, 2.24) is 4.90 Å². The summed E-state index contributed by atoms with van der Waals surface area (Å²) >= 11 is 3.53. The molecule has 0 spiro atoms. The second-order valence-electron chi connectivity index (χ2n) is 9.38. The second-order valence-corrected chi connectivity index (χ2v) is 10.2. The fourth-order valence-electron chi connectivity index (χ4n) is 4.10. The Morgan fingerprint density at radius 3 is 1.71 bits per heavy atom. The molecule has 214 valence electrons. The van der Waals surface area contributed by atoms with E-state index in [0.717, 1.165) is 33.9 Å². The van der Waals surface area contributed by atoms with E-state index in [9.17, 15) is 4.79 Å². The van der Waals surface area contributed by atoms with Crippen molar-refractivity contribution in [3.8, 4) is 28.7 Å². The predicted octanol–water partition coefficient (Wildman–Crippen LogP) is 6.95. The van der Waals surface area contributed by atoms with Gasteiger partial charge in [-0.3, -0.25) is 4.79 Å². The molecule has 0 fully saturated rings. The minimum atomic E-state index is -0.117. The summed E-state index contributed by atoms with van der Waals surface area (Å²) in [6, 6.07) is 26.9. The zero-order valence-corrected chi connectivity index (χ0v) is 25.3. The number of hydrogen-bond acceptors (Lipinski definition) is 6. The van der Waals surface area contributed by atoms with E-state index < -0.39 is 0 Å². The number of amides is 1. The molecule has 0 atom stereocenters. The quantitative estimate of drug-likeness (QED) is 0.161. The Kier molecular flexibility index (Phi) is 10.5. The third-order valence-corrected chi connectivity index (χ3v) is 7.26. The zero-order chi connectivity index (χ0) is 29.2. The van der Waals surface area contributed by atoms with E-state index in [1.807, 2.05) is 72.8 Å². The maximum Gasteiger partial charge on any atom is 0.254 e. The maximum atomic E-state index is 13.4. The van der Waals surface area contributed by atoms with E-state index in [0.29, 0.717) is 47.7 Å². The fraction of sp³-hybridized carbons (Fsp3) is 0.242. The molecule has 1 amide bonds. The van der Waals surface area contributed by atoms with Crippen molar-refractivity contribution < 1.29 is 28.5 Å². The lowest BCUT2D eigenvalue weighted by molar-refractivity contribution is 0.0795. The highest BCUT2D eigenvalue weighted by Gasteiger charge is 2.19. The summed E-state index contributed by atoms with van der Waals surface area (Å²) in [6.45, 7) is 1.35. The van der Waals surface area contributed by atoms with Gasteiger partial charge < -0.3 is 28.6 Å². The molecule has 41 heavy (non-hydrogen) atoms. The van der Waals surface area contributed by atoms with E-state index in [-0.39, 0.29) is 5.91 Å². The SMILES string of the molecule is COc1ccc(COc2ccc(CCN(C)C(=O)c3cc(OCc4ccc(OC)cc4)c(OC)cc3Br)cc2)cc1. The molecular formula is C33H34BrNO6. The average molecular weight is 621 g/mol. The van der Waals surface area contributed by atoms with Gasteiger partial charge in [0.05, 0.1) is 26.9 Å². The van der Waals surface area contributed by atoms with Crippen LogP contribution in [-0.2, 0) is 19.6 Å². The Morgan fingerprint density at radius 2 is 1.17 bits per heavy atom. The number of benzene rings is 4. The first kappa shape index (κ1) is 29.8. The second kappa shape index (κ2) is 14.5. The van der Waals surface area contributed by atoms with Gasteiger partial charge in [0.1, 0.15) is 30.5 Å². The normalized spacial score (nSPS) is 10.6. The summed E-state index contributed by atoms with van der Waals surface area (Å²) in [5.41, 5.74) is 3.64. The van der Waals surface area contributed by atoms with Gasteiger partial charge in [0.25, 0.3) is 5.91 Å². The molecular weight excluding hydrogens is 586 g/mol. The van der Waals surface area contributed by atoms with E-state index in [1.54, 1.807) is 45.4 Å². The van der Waals surface area contributed by atoms with Gasteiger partial charge in [-0.05, 0) is 87.6 Å². The molecule has 0 radical (unpaired) electrons. The molecule has 0 saturated heterocycles. The van der Waals surface area contributed by atoms with E-state index in [2.05, 4.69) is 15.9 Å². The lowest BCUT2D eigenvalue weighted by atomic mass is 10.1. The van der Waals surface area contributed by atoms with Gasteiger partial charge in [0.15, 0.2) is 11.5 Å². The third kappa shape index (κ3) is 8.17. The van der Waals surface area contributed by atoms with Gasteiger partial charge in [-0.15, -0.1) is 0 Å². The van der Waals surface area contributed by atoms with Crippen molar-refractivity contribution in [2.75, 3.05) is 34.9 Å². The molecule has 0 N–H and O–H groups in total. The standard InChI is InChI=1S/C33H34BrNO6/c1-35(18-17-23-5-15-28(16-6-23)40-21-24-7-11-26(37-2)12-8-24)33(36)29-19-32(31(39-4)20-30(29)34)41-22-25-9-13-27(38-3)14-10-25/h5-16,19-20H,17-18,21-22H2,1-4H3. The monoisotopic (exact) mass is 619 g/mol. The fourth-order valence-corrected chi connectivity index (χ4v) is 4.59. The zero-order valence-electron chi connectivity index (χ0n) is 23.7. The summed E-state index contributed by atoms with van der Waals surface area (Å²) in [7, 11) is 6.65. The van der Waals surface area contributed by atoms with Crippen LogP contribution in [0.4, 0.5) is 0 Å². The van der Waals surface area contributed by atoms with Gasteiger partial charge in [0, 0.05) is 18.1 Å². The van der Waals surface area contributed by atoms with Gasteiger partial charge in [-0.25, -0.2) is 0 Å². The van der Waals surface area contributed by atoms with Crippen molar-refractivity contribution in [3.05, 3.63) is 112 Å². The number of halogens is 1. The molecule has 4 aromatic carbocycles. The van der Waals surface area contributed by atoms with Crippen LogP contribution in [0, 0.1) is 0 Å². The smallest absolute Gasteiger partial charge is 0.254 e. The first-order valence-electron chi connectivity index (χ1n) is 13.1. The Bertz CT molecular complexity index is 1420. The Labute approximate surface area is 249 Å². The van der Waals surface area contributed by atoms with Crippen LogP contribution < -0.4 is 23.7 Å². The highest BCUT2D eigenvalue weighted by atomic mass is 79.9. The van der Waals surface area contributed by atoms with Crippen LogP contribution in [0.25, 0.3) is 0 Å². The van der Waals surface area contributed by atoms with Crippen LogP contribution in [0.5, 0.6) is 28.7 Å². The maximum absolute atomic E-state index is 13.4. The Hall–Kier alpha value is -4.17. The summed E-state index contributed by atoms with van der Waals surface area (Å²) in [5.74, 6) is 3.30. The van der Waals surface area contributed by atoms with Crippen LogP contribution >= 0.6 is 15.9 Å². The third-order valence-electron chi connectivity index (χ3n) is 6.61. The molecule has 7 nitrogen and oxygen atoms in total. The minimum Gasteiger partial charge on any atom is -0.497 e. The van der Waals surface area contributed by atoms with Crippen LogP contribution in [-0.4, -0.2) is 45.7 Å². The largest absolute Gasteiger partial charge is 0.497 e. The number of carbonyl (C=O) groups excluding carboxylic acids is 1. The van der Waals surface area contributed by atoms with Gasteiger partial charge >= 0.3 is 0 Å². The van der Waals surface area contributed by atoms with Gasteiger partial charge in [-0.1, -0.05) is 36.4 Å². The predicted molar refractivity (Wildman–Crippen MR) is 162 cm³/mol. The molecule has 0 unspecified atom stereocenters. The molecule has 0 heterocycles. The van der Waals surface area contributed by atoms with Crippen LogP contribution in [0.3, 0.4) is 0 Å². The van der Waals surface area contributed by atoms with E-state index in [4.69, 9.17) is 23.7 Å². The number of likely N-dealkylation sites (N-methyl/N-ethyl adjacent to an activating group) is 1. The van der Waals surface area contributed by atoms with E-state index in [1.165, 1.54) is 0 Å². The average Bonchev–Trinajstić information content (AvgIpc) is 3.02. The summed E-state index contributed by atoms with van der Waals surface area (Å²) in [4.78, 5) is 15.1. The van der Waals surface area contributed by atoms with Crippen LogP contribution in [0.1, 0.15) is 27.0 Å². The number of carbonyl (C=O) groups is 1. The van der Waals surface area contributed by atoms with Crippen molar-refractivity contribution in [2.24, 2.45) is 0 Å². The molecule has 8 heteroatoms. The topological polar surface area (TPSA) is 66.5 Å². The van der Waals surface area contributed by atoms with Crippen molar-refractivity contribution in [1.29, 1.82) is 0 Å². The summed E-state index contributed by atoms with van der Waals surface area (Å²) < 4.78 is 28.5. The molecule has 4 aromatic rings. The Balaban J connectivity index is 1.33. The lowest BCUT2D eigenvalue weighted by Gasteiger charge is -2.20. The number of ether oxygens (including phenoxy) is 5. The molecule has 4 rings (SSSR count). The minimum absolute atomic E-state index is 0.117. The molecule has 0 aliphatic heterocycles. The first-order valence-corrected chi connectivity index (χ1v) is 13.9. The van der Waals surface area contributed by atoms with E-state index >= 15 is 0 Å².